The van der Waals surface area contributed by atoms with Gasteiger partial charge in [0.2, 0.25) is 0 Å². The summed E-state index contributed by atoms with van der Waals surface area (Å²) in [5, 5.41) is 3.36. The van der Waals surface area contributed by atoms with Crippen LogP contribution in [0.3, 0.4) is 0 Å². The molecule has 112 valence electrons. The number of nitrogens with zero attached hydrogens (tertiary/aromatic N) is 3. The third kappa shape index (κ3) is 4.42. The molecule has 1 aromatic heterocycles. The van der Waals surface area contributed by atoms with Gasteiger partial charge in [-0.05, 0) is 20.8 Å². The maximum Gasteiger partial charge on any atom is 0.153 e. The highest BCUT2D eigenvalue weighted by molar-refractivity contribution is 7.91. The minimum Gasteiger partial charge on any atom is -0.353 e. The van der Waals surface area contributed by atoms with Gasteiger partial charge in [-0.15, -0.1) is 0 Å². The zero-order valence-electron chi connectivity index (χ0n) is 12.3. The normalized spacial score (nSPS) is 19.1. The van der Waals surface area contributed by atoms with Crippen molar-refractivity contribution in [1.82, 2.24) is 15.3 Å². The molecule has 1 aliphatic rings. The number of hydrogen-bond acceptors (Lipinski definition) is 6. The molecule has 1 aliphatic heterocycles. The molecule has 20 heavy (non-hydrogen) atoms. The van der Waals surface area contributed by atoms with Crippen LogP contribution in [-0.4, -0.2) is 48.5 Å². The number of nitrogens with one attached hydrogen (secondary N) is 1. The lowest BCUT2D eigenvalue weighted by Crippen LogP contribution is -2.41. The van der Waals surface area contributed by atoms with Crippen molar-refractivity contribution in [2.45, 2.75) is 32.9 Å². The van der Waals surface area contributed by atoms with Crippen molar-refractivity contribution in [1.29, 1.82) is 0 Å². The van der Waals surface area contributed by atoms with Crippen LogP contribution in [0.4, 0.5) is 5.82 Å². The first-order chi connectivity index (χ1) is 9.25. The van der Waals surface area contributed by atoms with E-state index in [0.717, 1.165) is 11.5 Å². The second-order valence-electron chi connectivity index (χ2n) is 6.11. The van der Waals surface area contributed by atoms with Crippen molar-refractivity contribution in [2.75, 3.05) is 29.5 Å². The molecule has 0 amide bonds. The zero-order valence-corrected chi connectivity index (χ0v) is 13.1. The molecule has 0 aromatic carbocycles. The van der Waals surface area contributed by atoms with E-state index in [2.05, 4.69) is 36.1 Å². The Hall–Kier alpha value is -1.21. The molecule has 0 unspecified atom stereocenters. The van der Waals surface area contributed by atoms with Gasteiger partial charge in [0.05, 0.1) is 23.4 Å². The number of anilines is 1. The van der Waals surface area contributed by atoms with Gasteiger partial charge in [-0.1, -0.05) is 0 Å². The Morgan fingerprint density at radius 1 is 1.25 bits per heavy atom. The Kier molecular flexibility index (Phi) is 4.29. The molecular formula is C13H22N4O2S. The lowest BCUT2D eigenvalue weighted by atomic mass is 10.1. The van der Waals surface area contributed by atoms with Crippen molar-refractivity contribution in [2.24, 2.45) is 0 Å². The van der Waals surface area contributed by atoms with E-state index in [1.165, 1.54) is 0 Å². The number of sulfone groups is 1. The van der Waals surface area contributed by atoms with Crippen LogP contribution >= 0.6 is 0 Å². The van der Waals surface area contributed by atoms with E-state index in [0.29, 0.717) is 19.6 Å². The summed E-state index contributed by atoms with van der Waals surface area (Å²) in [7, 11) is -2.87. The molecule has 1 N–H and O–H groups in total. The van der Waals surface area contributed by atoms with Gasteiger partial charge in [0.1, 0.15) is 5.82 Å². The minimum atomic E-state index is -2.87. The van der Waals surface area contributed by atoms with Gasteiger partial charge in [-0.3, -0.25) is 4.98 Å². The second kappa shape index (κ2) is 5.65. The molecule has 1 fully saturated rings. The average Bonchev–Trinajstić information content (AvgIpc) is 2.36. The molecule has 7 heteroatoms. The van der Waals surface area contributed by atoms with Crippen molar-refractivity contribution < 1.29 is 8.42 Å². The van der Waals surface area contributed by atoms with Crippen molar-refractivity contribution >= 4 is 15.7 Å². The average molecular weight is 298 g/mol. The van der Waals surface area contributed by atoms with Crippen LogP contribution in [0.25, 0.3) is 0 Å². The molecule has 1 saturated heterocycles. The molecule has 2 rings (SSSR count). The summed E-state index contributed by atoms with van der Waals surface area (Å²) >= 11 is 0. The third-order valence-electron chi connectivity index (χ3n) is 3.14. The highest BCUT2D eigenvalue weighted by Crippen LogP contribution is 2.14. The molecule has 0 spiro atoms. The van der Waals surface area contributed by atoms with E-state index in [9.17, 15) is 8.42 Å². The first kappa shape index (κ1) is 15.2. The predicted octanol–water partition coefficient (Wildman–Crippen LogP) is 0.599. The zero-order chi connectivity index (χ0) is 14.8. The molecule has 0 aliphatic carbocycles. The lowest BCUT2D eigenvalue weighted by Gasteiger charge is -2.27. The Bertz CT molecular complexity index is 552. The van der Waals surface area contributed by atoms with E-state index in [-0.39, 0.29) is 17.0 Å². The SMILES string of the molecule is CC(C)(C)NCc1cncc(N2CCS(=O)(=O)CC2)n1. The van der Waals surface area contributed by atoms with Crippen LogP contribution in [0.1, 0.15) is 26.5 Å². The topological polar surface area (TPSA) is 75.2 Å². The van der Waals surface area contributed by atoms with Crippen LogP contribution in [0.2, 0.25) is 0 Å². The van der Waals surface area contributed by atoms with Crippen LogP contribution in [0.5, 0.6) is 0 Å². The van der Waals surface area contributed by atoms with E-state index >= 15 is 0 Å². The molecule has 0 bridgehead atoms. The van der Waals surface area contributed by atoms with Gasteiger partial charge in [-0.2, -0.15) is 0 Å². The lowest BCUT2D eigenvalue weighted by molar-refractivity contribution is 0.421. The van der Waals surface area contributed by atoms with Gasteiger partial charge in [-0.25, -0.2) is 13.4 Å². The van der Waals surface area contributed by atoms with Crippen molar-refractivity contribution in [3.63, 3.8) is 0 Å². The monoisotopic (exact) mass is 298 g/mol. The molecular weight excluding hydrogens is 276 g/mol. The molecule has 0 saturated carbocycles. The van der Waals surface area contributed by atoms with Crippen LogP contribution < -0.4 is 10.2 Å². The highest BCUT2D eigenvalue weighted by Gasteiger charge is 2.22. The minimum absolute atomic E-state index is 0.0247. The quantitative estimate of drug-likeness (QED) is 0.881. The fourth-order valence-electron chi connectivity index (χ4n) is 1.93. The smallest absolute Gasteiger partial charge is 0.153 e. The molecule has 0 radical (unpaired) electrons. The largest absolute Gasteiger partial charge is 0.353 e. The molecule has 0 atom stereocenters. The van der Waals surface area contributed by atoms with Crippen molar-refractivity contribution in [3.05, 3.63) is 18.1 Å². The second-order valence-corrected chi connectivity index (χ2v) is 8.41. The fraction of sp³-hybridized carbons (Fsp3) is 0.692. The Balaban J connectivity index is 2.03. The predicted molar refractivity (Wildman–Crippen MR) is 79.5 cm³/mol. The van der Waals surface area contributed by atoms with E-state index < -0.39 is 9.84 Å². The summed E-state index contributed by atoms with van der Waals surface area (Å²) in [4.78, 5) is 10.7. The fourth-order valence-corrected chi connectivity index (χ4v) is 3.13. The number of hydrogen-bond donors (Lipinski definition) is 1. The first-order valence-corrected chi connectivity index (χ1v) is 8.59. The van der Waals surface area contributed by atoms with Crippen LogP contribution in [-0.2, 0) is 16.4 Å². The summed E-state index contributed by atoms with van der Waals surface area (Å²) in [6.45, 7) is 7.93. The van der Waals surface area contributed by atoms with E-state index in [1.807, 2.05) is 4.90 Å². The van der Waals surface area contributed by atoms with Crippen molar-refractivity contribution in [3.8, 4) is 0 Å². The maximum atomic E-state index is 11.4. The maximum absolute atomic E-state index is 11.4. The summed E-state index contributed by atoms with van der Waals surface area (Å²) in [5.41, 5.74) is 0.891. The van der Waals surface area contributed by atoms with Gasteiger partial charge >= 0.3 is 0 Å². The molecule has 1 aromatic rings. The van der Waals surface area contributed by atoms with Gasteiger partial charge in [0.15, 0.2) is 9.84 Å². The summed E-state index contributed by atoms with van der Waals surface area (Å²) in [6.07, 6.45) is 3.43. The Morgan fingerprint density at radius 3 is 2.50 bits per heavy atom. The van der Waals surface area contributed by atoms with E-state index in [1.54, 1.807) is 12.4 Å². The number of aromatic nitrogens is 2. The first-order valence-electron chi connectivity index (χ1n) is 6.76. The van der Waals surface area contributed by atoms with Crippen LogP contribution in [0.15, 0.2) is 12.4 Å². The summed E-state index contributed by atoms with van der Waals surface area (Å²) in [6, 6.07) is 0. The van der Waals surface area contributed by atoms with Gasteiger partial charge in [0, 0.05) is 31.4 Å². The third-order valence-corrected chi connectivity index (χ3v) is 4.75. The van der Waals surface area contributed by atoms with Gasteiger partial charge in [0.25, 0.3) is 0 Å². The van der Waals surface area contributed by atoms with E-state index in [4.69, 9.17) is 0 Å². The Morgan fingerprint density at radius 2 is 1.90 bits per heavy atom. The summed E-state index contributed by atoms with van der Waals surface area (Å²) < 4.78 is 22.9. The Labute approximate surface area is 120 Å². The summed E-state index contributed by atoms with van der Waals surface area (Å²) in [5.74, 6) is 1.14. The highest BCUT2D eigenvalue weighted by atomic mass is 32.2. The van der Waals surface area contributed by atoms with Crippen LogP contribution in [0, 0.1) is 0 Å². The standard InChI is InChI=1S/C13H22N4O2S/c1-13(2,3)15-9-11-8-14-10-12(16-11)17-4-6-20(18,19)7-5-17/h8,10,15H,4-7,9H2,1-3H3. The van der Waals surface area contributed by atoms with Gasteiger partial charge < -0.3 is 10.2 Å². The number of rotatable bonds is 3. The molecule has 6 nitrogen and oxygen atoms in total. The molecule has 2 heterocycles.